The van der Waals surface area contributed by atoms with Crippen LogP contribution in [-0.2, 0) is 4.79 Å². The summed E-state index contributed by atoms with van der Waals surface area (Å²) < 4.78 is 1.01. The SMILES string of the molecule is CCC(N=C=O)C(C1CCCCC1)n1c(=O)[nH]c(=O)[nH]c1=O. The van der Waals surface area contributed by atoms with Gasteiger partial charge < -0.3 is 0 Å². The molecule has 2 rings (SSSR count). The number of aromatic nitrogens is 3. The fraction of sp³-hybridized carbons (Fsp3) is 0.714. The highest BCUT2D eigenvalue weighted by Crippen LogP contribution is 2.35. The number of H-pyrrole nitrogens is 2. The molecule has 2 atom stereocenters. The van der Waals surface area contributed by atoms with Gasteiger partial charge in [-0.1, -0.05) is 26.2 Å². The van der Waals surface area contributed by atoms with Crippen LogP contribution in [-0.4, -0.2) is 26.7 Å². The van der Waals surface area contributed by atoms with Crippen molar-refractivity contribution in [1.29, 1.82) is 0 Å². The molecule has 1 aliphatic carbocycles. The first-order valence-corrected chi connectivity index (χ1v) is 7.60. The minimum atomic E-state index is -0.833. The quantitative estimate of drug-likeness (QED) is 0.607. The third kappa shape index (κ3) is 3.33. The van der Waals surface area contributed by atoms with E-state index in [1.54, 1.807) is 0 Å². The zero-order valence-corrected chi connectivity index (χ0v) is 12.5. The highest BCUT2D eigenvalue weighted by molar-refractivity contribution is 5.33. The highest BCUT2D eigenvalue weighted by Gasteiger charge is 2.33. The van der Waals surface area contributed by atoms with Gasteiger partial charge in [0.15, 0.2) is 0 Å². The predicted octanol–water partition coefficient (Wildman–Crippen LogP) is 0.461. The van der Waals surface area contributed by atoms with Gasteiger partial charge in [-0.3, -0.25) is 9.97 Å². The predicted molar refractivity (Wildman–Crippen MR) is 79.8 cm³/mol. The molecule has 8 heteroatoms. The number of carbonyl (C=O) groups excluding carboxylic acids is 1. The molecule has 120 valence electrons. The summed E-state index contributed by atoms with van der Waals surface area (Å²) in [4.78, 5) is 54.1. The molecule has 0 saturated heterocycles. The summed E-state index contributed by atoms with van der Waals surface area (Å²) in [5, 5.41) is 0. The van der Waals surface area contributed by atoms with Gasteiger partial charge in [-0.05, 0) is 25.2 Å². The molecular weight excluding hydrogens is 288 g/mol. The van der Waals surface area contributed by atoms with E-state index in [-0.39, 0.29) is 5.92 Å². The fourth-order valence-electron chi connectivity index (χ4n) is 3.36. The fourth-order valence-corrected chi connectivity index (χ4v) is 3.36. The lowest BCUT2D eigenvalue weighted by molar-refractivity contribution is 0.204. The molecule has 0 aromatic carbocycles. The van der Waals surface area contributed by atoms with Gasteiger partial charge in [-0.25, -0.2) is 28.7 Å². The molecule has 2 unspecified atom stereocenters. The van der Waals surface area contributed by atoms with E-state index in [9.17, 15) is 19.2 Å². The van der Waals surface area contributed by atoms with Crippen LogP contribution in [0.5, 0.6) is 0 Å². The molecule has 0 aliphatic heterocycles. The van der Waals surface area contributed by atoms with Gasteiger partial charge in [0.05, 0.1) is 12.1 Å². The van der Waals surface area contributed by atoms with Gasteiger partial charge in [0, 0.05) is 0 Å². The van der Waals surface area contributed by atoms with Crippen LogP contribution in [0.3, 0.4) is 0 Å². The van der Waals surface area contributed by atoms with Crippen LogP contribution < -0.4 is 17.1 Å². The van der Waals surface area contributed by atoms with E-state index in [0.717, 1.165) is 36.7 Å². The Morgan fingerprint density at radius 1 is 1.18 bits per heavy atom. The minimum absolute atomic E-state index is 0.0699. The van der Waals surface area contributed by atoms with E-state index < -0.39 is 29.2 Å². The Morgan fingerprint density at radius 3 is 2.27 bits per heavy atom. The Hall–Kier alpha value is -2.21. The number of hydrogen-bond acceptors (Lipinski definition) is 5. The van der Waals surface area contributed by atoms with Gasteiger partial charge >= 0.3 is 17.1 Å². The Kier molecular flexibility index (Phi) is 5.27. The van der Waals surface area contributed by atoms with Crippen LogP contribution >= 0.6 is 0 Å². The molecule has 8 nitrogen and oxygen atoms in total. The third-order valence-corrected chi connectivity index (χ3v) is 4.34. The van der Waals surface area contributed by atoms with E-state index in [2.05, 4.69) is 15.0 Å². The van der Waals surface area contributed by atoms with Crippen LogP contribution in [0.25, 0.3) is 0 Å². The van der Waals surface area contributed by atoms with Crippen molar-refractivity contribution in [1.82, 2.24) is 14.5 Å². The van der Waals surface area contributed by atoms with Crippen LogP contribution in [0, 0.1) is 5.92 Å². The molecule has 22 heavy (non-hydrogen) atoms. The monoisotopic (exact) mass is 308 g/mol. The van der Waals surface area contributed by atoms with Crippen LogP contribution in [0.15, 0.2) is 19.4 Å². The van der Waals surface area contributed by atoms with Crippen molar-refractivity contribution in [3.8, 4) is 0 Å². The Morgan fingerprint density at radius 2 is 1.77 bits per heavy atom. The number of nitrogens with one attached hydrogen (secondary N) is 2. The summed E-state index contributed by atoms with van der Waals surface area (Å²) >= 11 is 0. The van der Waals surface area contributed by atoms with Crippen molar-refractivity contribution in [2.75, 3.05) is 0 Å². The maximum Gasteiger partial charge on any atom is 0.334 e. The zero-order chi connectivity index (χ0) is 16.1. The number of rotatable bonds is 5. The van der Waals surface area contributed by atoms with Crippen LogP contribution in [0.4, 0.5) is 0 Å². The molecule has 2 N–H and O–H groups in total. The number of nitrogens with zero attached hydrogens (tertiary/aromatic N) is 2. The van der Waals surface area contributed by atoms with Crippen molar-refractivity contribution < 1.29 is 4.79 Å². The topological polar surface area (TPSA) is 117 Å². The van der Waals surface area contributed by atoms with Crippen molar-refractivity contribution >= 4 is 6.08 Å². The molecule has 1 aromatic rings. The Balaban J connectivity index is 2.57. The summed E-state index contributed by atoms with van der Waals surface area (Å²) in [6, 6.07) is -1.05. The smallest absolute Gasteiger partial charge is 0.259 e. The standard InChI is InChI=1S/C14H20N4O4/c1-2-10(15-8-19)11(9-6-4-3-5-7-9)18-13(21)16-12(20)17-14(18)22/h9-11H,2-7H2,1H3,(H2,16,17,20,21,22). The maximum atomic E-state index is 12.1. The van der Waals surface area contributed by atoms with Gasteiger partial charge in [0.2, 0.25) is 6.08 Å². The second-order valence-electron chi connectivity index (χ2n) is 5.64. The van der Waals surface area contributed by atoms with Crippen molar-refractivity contribution in [2.24, 2.45) is 10.9 Å². The first kappa shape index (κ1) is 16.2. The lowest BCUT2D eigenvalue weighted by Gasteiger charge is -2.33. The van der Waals surface area contributed by atoms with Gasteiger partial charge in [-0.2, -0.15) is 0 Å². The molecule has 0 radical (unpaired) electrons. The summed E-state index contributed by atoms with van der Waals surface area (Å²) in [7, 11) is 0. The Bertz CT molecular complexity index is 685. The van der Waals surface area contributed by atoms with Gasteiger partial charge in [0.25, 0.3) is 0 Å². The normalized spacial score (nSPS) is 18.4. The number of isocyanates is 1. The summed E-state index contributed by atoms with van der Waals surface area (Å²) in [6.45, 7) is 1.84. The van der Waals surface area contributed by atoms with Gasteiger partial charge in [-0.15, -0.1) is 0 Å². The molecule has 1 aromatic heterocycles. The lowest BCUT2D eigenvalue weighted by Crippen LogP contribution is -2.49. The largest absolute Gasteiger partial charge is 0.334 e. The summed E-state index contributed by atoms with van der Waals surface area (Å²) in [6.07, 6.45) is 6.90. The highest BCUT2D eigenvalue weighted by atomic mass is 16.2. The minimum Gasteiger partial charge on any atom is -0.259 e. The molecular formula is C14H20N4O4. The zero-order valence-electron chi connectivity index (χ0n) is 12.5. The molecule has 0 spiro atoms. The summed E-state index contributed by atoms with van der Waals surface area (Å²) in [5.74, 6) is 0.0699. The van der Waals surface area contributed by atoms with Crippen molar-refractivity contribution in [3.05, 3.63) is 31.5 Å². The molecule has 1 fully saturated rings. The average Bonchev–Trinajstić information content (AvgIpc) is 2.49. The van der Waals surface area contributed by atoms with Crippen LogP contribution in [0.1, 0.15) is 51.5 Å². The maximum absolute atomic E-state index is 12.1. The number of aromatic amines is 2. The Labute approximate surface area is 126 Å². The van der Waals surface area contributed by atoms with Crippen molar-refractivity contribution in [2.45, 2.75) is 57.5 Å². The molecule has 1 saturated carbocycles. The first-order chi connectivity index (χ1) is 10.6. The van der Waals surface area contributed by atoms with E-state index in [4.69, 9.17) is 0 Å². The van der Waals surface area contributed by atoms with E-state index in [0.29, 0.717) is 6.42 Å². The second kappa shape index (κ2) is 7.17. The lowest BCUT2D eigenvalue weighted by atomic mass is 9.80. The van der Waals surface area contributed by atoms with Crippen LogP contribution in [0.2, 0.25) is 0 Å². The third-order valence-electron chi connectivity index (χ3n) is 4.34. The van der Waals surface area contributed by atoms with E-state index >= 15 is 0 Å². The second-order valence-corrected chi connectivity index (χ2v) is 5.64. The molecule has 1 aliphatic rings. The van der Waals surface area contributed by atoms with Crippen molar-refractivity contribution in [3.63, 3.8) is 0 Å². The van der Waals surface area contributed by atoms with E-state index in [1.165, 1.54) is 6.08 Å². The van der Waals surface area contributed by atoms with E-state index in [1.807, 2.05) is 6.92 Å². The molecule has 0 bridgehead atoms. The first-order valence-electron chi connectivity index (χ1n) is 7.60. The number of hydrogen-bond donors (Lipinski definition) is 2. The molecule has 0 amide bonds. The van der Waals surface area contributed by atoms with Gasteiger partial charge in [0.1, 0.15) is 0 Å². The average molecular weight is 308 g/mol. The number of aliphatic imine (C=N–C) groups is 1. The molecule has 1 heterocycles. The summed E-state index contributed by atoms with van der Waals surface area (Å²) in [5.41, 5.74) is -2.35.